The molecule has 0 aliphatic carbocycles. The quantitative estimate of drug-likeness (QED) is 0.550. The highest BCUT2D eigenvalue weighted by Crippen LogP contribution is 2.21. The van der Waals surface area contributed by atoms with Crippen molar-refractivity contribution in [3.8, 4) is 5.82 Å². The third-order valence-electron chi connectivity index (χ3n) is 5.59. The van der Waals surface area contributed by atoms with Crippen LogP contribution in [0.4, 0.5) is 11.5 Å². The first-order valence-corrected chi connectivity index (χ1v) is 11.9. The molecule has 2 aromatic heterocycles. The van der Waals surface area contributed by atoms with Gasteiger partial charge in [0.2, 0.25) is 5.91 Å². The van der Waals surface area contributed by atoms with E-state index in [4.69, 9.17) is 4.74 Å². The molecule has 168 valence electrons. The Morgan fingerprint density at radius 1 is 1.12 bits per heavy atom. The van der Waals surface area contributed by atoms with Crippen LogP contribution in [-0.4, -0.2) is 58.4 Å². The molecule has 1 fully saturated rings. The summed E-state index contributed by atoms with van der Waals surface area (Å²) in [6.45, 7) is 7.03. The Kier molecular flexibility index (Phi) is 7.06. The average molecular weight is 453 g/mol. The van der Waals surface area contributed by atoms with Gasteiger partial charge >= 0.3 is 0 Å². The van der Waals surface area contributed by atoms with Crippen molar-refractivity contribution in [1.82, 2.24) is 20.0 Å². The molecule has 8 nitrogen and oxygen atoms in total. The monoisotopic (exact) mass is 452 g/mol. The fourth-order valence-corrected chi connectivity index (χ4v) is 4.27. The normalized spacial score (nSPS) is 13.9. The third-order valence-corrected chi connectivity index (χ3v) is 6.31. The van der Waals surface area contributed by atoms with Gasteiger partial charge in [0.05, 0.1) is 18.9 Å². The van der Waals surface area contributed by atoms with Gasteiger partial charge in [-0.2, -0.15) is 5.10 Å². The summed E-state index contributed by atoms with van der Waals surface area (Å²) in [6, 6.07) is 11.8. The van der Waals surface area contributed by atoms with Crippen molar-refractivity contribution in [2.24, 2.45) is 0 Å². The molecule has 32 heavy (non-hydrogen) atoms. The Labute approximate surface area is 192 Å². The Hall–Kier alpha value is -2.91. The summed E-state index contributed by atoms with van der Waals surface area (Å²) in [4.78, 5) is 15.8. The molecule has 1 amide bonds. The number of thioether (sulfide) groups is 1. The van der Waals surface area contributed by atoms with Crippen molar-refractivity contribution in [3.63, 3.8) is 0 Å². The van der Waals surface area contributed by atoms with Crippen LogP contribution >= 0.6 is 11.8 Å². The molecule has 1 aliphatic rings. The molecule has 0 unspecified atom stereocenters. The van der Waals surface area contributed by atoms with E-state index in [9.17, 15) is 4.79 Å². The molecule has 0 spiro atoms. The fourth-order valence-electron chi connectivity index (χ4n) is 3.81. The lowest BCUT2D eigenvalue weighted by atomic mass is 10.1. The second-order valence-corrected chi connectivity index (χ2v) is 8.57. The fraction of sp³-hybridized carbons (Fsp3) is 0.391. The number of hydrogen-bond acceptors (Lipinski definition) is 7. The summed E-state index contributed by atoms with van der Waals surface area (Å²) in [7, 11) is 0. The van der Waals surface area contributed by atoms with E-state index in [-0.39, 0.29) is 5.91 Å². The van der Waals surface area contributed by atoms with Gasteiger partial charge in [-0.1, -0.05) is 6.07 Å². The van der Waals surface area contributed by atoms with Crippen molar-refractivity contribution < 1.29 is 9.53 Å². The maximum atomic E-state index is 12.5. The second-order valence-electron chi connectivity index (χ2n) is 7.69. The first-order chi connectivity index (χ1) is 15.5. The van der Waals surface area contributed by atoms with Gasteiger partial charge in [-0.15, -0.1) is 22.0 Å². The van der Waals surface area contributed by atoms with E-state index in [1.807, 2.05) is 56.5 Å². The van der Waals surface area contributed by atoms with E-state index >= 15 is 0 Å². The summed E-state index contributed by atoms with van der Waals surface area (Å²) in [5.41, 5.74) is 3.77. The number of anilines is 2. The molecular weight excluding hydrogens is 424 g/mol. The van der Waals surface area contributed by atoms with Crippen LogP contribution in [0, 0.1) is 13.8 Å². The number of morpholine rings is 1. The van der Waals surface area contributed by atoms with Gasteiger partial charge in [0.15, 0.2) is 11.6 Å². The van der Waals surface area contributed by atoms with Crippen LogP contribution in [0.1, 0.15) is 23.4 Å². The van der Waals surface area contributed by atoms with Crippen LogP contribution in [0.25, 0.3) is 5.82 Å². The Bertz CT molecular complexity index is 1080. The minimum Gasteiger partial charge on any atom is -0.378 e. The molecule has 0 atom stereocenters. The van der Waals surface area contributed by atoms with E-state index < -0.39 is 0 Å². The topological polar surface area (TPSA) is 85.2 Å². The van der Waals surface area contributed by atoms with Gasteiger partial charge in [-0.05, 0) is 62.4 Å². The number of rotatable bonds is 7. The average Bonchev–Trinajstić information content (AvgIpc) is 3.11. The van der Waals surface area contributed by atoms with Crippen LogP contribution in [0.2, 0.25) is 0 Å². The summed E-state index contributed by atoms with van der Waals surface area (Å²) in [5.74, 6) is 1.51. The van der Waals surface area contributed by atoms with Gasteiger partial charge in [-0.25, -0.2) is 4.68 Å². The van der Waals surface area contributed by atoms with Crippen molar-refractivity contribution in [1.29, 1.82) is 0 Å². The lowest BCUT2D eigenvalue weighted by Gasteiger charge is -2.27. The maximum absolute atomic E-state index is 12.5. The molecule has 1 aliphatic heterocycles. The van der Waals surface area contributed by atoms with E-state index in [0.29, 0.717) is 31.9 Å². The Morgan fingerprint density at radius 3 is 2.59 bits per heavy atom. The molecular formula is C23H28N6O2S. The smallest absolute Gasteiger partial charge is 0.224 e. The summed E-state index contributed by atoms with van der Waals surface area (Å²) in [6.07, 6.45) is 3.02. The van der Waals surface area contributed by atoms with Crippen molar-refractivity contribution in [2.45, 2.75) is 31.6 Å². The first-order valence-electron chi connectivity index (χ1n) is 10.7. The standard InChI is InChI=1S/C23H28N6O2S/c1-16-20(7-10-23(30)24-18-5-4-6-19(15-18)32-3)17(2)29(27-16)22-9-8-21(25-26-22)28-11-13-31-14-12-28/h4-6,8-9,15H,7,10-14H2,1-3H3,(H,24,30). The number of nitrogens with one attached hydrogen (secondary N) is 1. The second kappa shape index (κ2) is 10.1. The number of hydrogen-bond donors (Lipinski definition) is 1. The predicted octanol–water partition coefficient (Wildman–Crippen LogP) is 3.41. The number of carbonyl (C=O) groups is 1. The number of aromatic nitrogens is 4. The van der Waals surface area contributed by atoms with Crippen LogP contribution in [-0.2, 0) is 16.0 Å². The largest absolute Gasteiger partial charge is 0.378 e. The Morgan fingerprint density at radius 2 is 1.88 bits per heavy atom. The lowest BCUT2D eigenvalue weighted by Crippen LogP contribution is -2.36. The van der Waals surface area contributed by atoms with Gasteiger partial charge in [0.1, 0.15) is 0 Å². The Balaban J connectivity index is 1.41. The van der Waals surface area contributed by atoms with E-state index in [0.717, 1.165) is 46.4 Å². The maximum Gasteiger partial charge on any atom is 0.224 e. The number of carbonyl (C=O) groups excluding carboxylic acids is 1. The van der Waals surface area contributed by atoms with Gasteiger partial charge < -0.3 is 15.0 Å². The summed E-state index contributed by atoms with van der Waals surface area (Å²) in [5, 5.41) is 16.4. The van der Waals surface area contributed by atoms with Crippen molar-refractivity contribution in [2.75, 3.05) is 42.8 Å². The highest BCUT2D eigenvalue weighted by Gasteiger charge is 2.17. The number of nitrogens with zero attached hydrogens (tertiary/aromatic N) is 5. The molecule has 9 heteroatoms. The zero-order valence-electron chi connectivity index (χ0n) is 18.7. The minimum absolute atomic E-state index is 0.00976. The minimum atomic E-state index is -0.00976. The highest BCUT2D eigenvalue weighted by molar-refractivity contribution is 7.98. The zero-order valence-corrected chi connectivity index (χ0v) is 19.5. The summed E-state index contributed by atoms with van der Waals surface area (Å²) < 4.78 is 7.20. The first kappa shape index (κ1) is 22.3. The zero-order chi connectivity index (χ0) is 22.5. The molecule has 0 radical (unpaired) electrons. The number of benzene rings is 1. The summed E-state index contributed by atoms with van der Waals surface area (Å²) >= 11 is 1.65. The SMILES string of the molecule is CSc1cccc(NC(=O)CCc2c(C)nn(-c3ccc(N4CCOCC4)nn3)c2C)c1. The van der Waals surface area contributed by atoms with E-state index in [1.54, 1.807) is 16.4 Å². The lowest BCUT2D eigenvalue weighted by molar-refractivity contribution is -0.116. The van der Waals surface area contributed by atoms with Crippen molar-refractivity contribution in [3.05, 3.63) is 53.3 Å². The van der Waals surface area contributed by atoms with E-state index in [1.165, 1.54) is 0 Å². The van der Waals surface area contributed by atoms with Crippen molar-refractivity contribution >= 4 is 29.2 Å². The van der Waals surface area contributed by atoms with Gasteiger partial charge in [-0.3, -0.25) is 4.79 Å². The van der Waals surface area contributed by atoms with Gasteiger partial charge in [0.25, 0.3) is 0 Å². The van der Waals surface area contributed by atoms with E-state index in [2.05, 4.69) is 25.5 Å². The van der Waals surface area contributed by atoms with Crippen LogP contribution in [0.15, 0.2) is 41.3 Å². The molecule has 0 bridgehead atoms. The van der Waals surface area contributed by atoms with Crippen LogP contribution in [0.5, 0.6) is 0 Å². The third kappa shape index (κ3) is 5.11. The molecule has 3 aromatic rings. The molecule has 4 rings (SSSR count). The number of ether oxygens (including phenoxy) is 1. The number of aryl methyl sites for hydroxylation is 1. The molecule has 0 saturated carbocycles. The predicted molar refractivity (Wildman–Crippen MR) is 127 cm³/mol. The number of amides is 1. The highest BCUT2D eigenvalue weighted by atomic mass is 32.2. The van der Waals surface area contributed by atoms with Crippen LogP contribution < -0.4 is 10.2 Å². The van der Waals surface area contributed by atoms with Crippen LogP contribution in [0.3, 0.4) is 0 Å². The van der Waals surface area contributed by atoms with Gasteiger partial charge in [0, 0.05) is 35.8 Å². The molecule has 1 N–H and O–H groups in total. The molecule has 1 saturated heterocycles. The molecule has 1 aromatic carbocycles. The molecule has 3 heterocycles.